The second-order valence-corrected chi connectivity index (χ2v) is 8.00. The van der Waals surface area contributed by atoms with Crippen LogP contribution in [0.25, 0.3) is 0 Å². The summed E-state index contributed by atoms with van der Waals surface area (Å²) in [5.74, 6) is -1.22. The third-order valence-electron chi connectivity index (χ3n) is 5.16. The number of ether oxygens (including phenoxy) is 1. The Kier molecular flexibility index (Phi) is 8.00. The smallest absolute Gasteiger partial charge is 0.306 e. The van der Waals surface area contributed by atoms with Crippen LogP contribution in [0.5, 0.6) is 0 Å². The molecule has 0 N–H and O–H groups in total. The van der Waals surface area contributed by atoms with Crippen molar-refractivity contribution in [2.45, 2.75) is 58.0 Å². The van der Waals surface area contributed by atoms with Gasteiger partial charge in [-0.15, -0.1) is 0 Å². The van der Waals surface area contributed by atoms with Crippen LogP contribution in [0.4, 0.5) is 0 Å². The lowest BCUT2D eigenvalue weighted by Gasteiger charge is -2.37. The minimum atomic E-state index is -0.533. The van der Waals surface area contributed by atoms with E-state index >= 15 is 0 Å². The van der Waals surface area contributed by atoms with Crippen LogP contribution in [0.2, 0.25) is 0 Å². The van der Waals surface area contributed by atoms with E-state index in [0.717, 1.165) is 16.6 Å². The lowest BCUT2D eigenvalue weighted by molar-refractivity contribution is -0.142. The average molecular weight is 394 g/mol. The molecule has 0 aliphatic rings. The zero-order valence-corrected chi connectivity index (χ0v) is 18.3. The van der Waals surface area contributed by atoms with Crippen LogP contribution >= 0.6 is 0 Å². The van der Waals surface area contributed by atoms with Crippen LogP contribution in [-0.2, 0) is 14.3 Å². The highest BCUT2D eigenvalue weighted by molar-refractivity contribution is 6.32. The van der Waals surface area contributed by atoms with Crippen molar-refractivity contribution in [2.24, 2.45) is 0 Å². The van der Waals surface area contributed by atoms with Crippen molar-refractivity contribution in [3.8, 4) is 0 Å². The maximum Gasteiger partial charge on any atom is 0.306 e. The molecule has 1 heterocycles. The van der Waals surface area contributed by atoms with Gasteiger partial charge in [-0.2, -0.15) is 0 Å². The van der Waals surface area contributed by atoms with Crippen LogP contribution in [0, 0.1) is 0 Å². The van der Waals surface area contributed by atoms with Gasteiger partial charge in [-0.05, 0) is 44.9 Å². The van der Waals surface area contributed by atoms with Crippen molar-refractivity contribution < 1.29 is 14.3 Å². The van der Waals surface area contributed by atoms with Gasteiger partial charge in [0.1, 0.15) is 7.85 Å². The lowest BCUT2D eigenvalue weighted by atomic mass is 9.77. The van der Waals surface area contributed by atoms with Gasteiger partial charge in [0.25, 0.3) is 0 Å². The lowest BCUT2D eigenvalue weighted by Crippen LogP contribution is -2.46. The van der Waals surface area contributed by atoms with Gasteiger partial charge in [0, 0.05) is 30.4 Å². The molecule has 1 amide bonds. The molecule has 1 aromatic carbocycles. The summed E-state index contributed by atoms with van der Waals surface area (Å²) >= 11 is 0. The minimum absolute atomic E-state index is 0.00147. The summed E-state index contributed by atoms with van der Waals surface area (Å²) in [7, 11) is 3.39. The Bertz CT molecular complexity index is 816. The van der Waals surface area contributed by atoms with Crippen molar-refractivity contribution in [1.29, 1.82) is 0 Å². The summed E-state index contributed by atoms with van der Waals surface area (Å²) in [5.41, 5.74) is 2.84. The SMILES string of the molecule is Bc1cccc(C(CC(=O)OC)C(C(=O)N(C(C)C)C(C)C)c2cccnc2)c1. The fourth-order valence-corrected chi connectivity index (χ4v) is 3.96. The number of nitrogens with zero attached hydrogens (tertiary/aromatic N) is 2. The zero-order chi connectivity index (χ0) is 21.6. The topological polar surface area (TPSA) is 59.5 Å². The first-order chi connectivity index (χ1) is 13.8. The fraction of sp³-hybridized carbons (Fsp3) is 0.435. The number of carbonyl (C=O) groups is 2. The summed E-state index contributed by atoms with van der Waals surface area (Å²) in [4.78, 5) is 32.3. The van der Waals surface area contributed by atoms with Crippen LogP contribution in [0.1, 0.15) is 57.1 Å². The van der Waals surface area contributed by atoms with Gasteiger partial charge in [-0.3, -0.25) is 14.6 Å². The fourth-order valence-electron chi connectivity index (χ4n) is 3.96. The number of carbonyl (C=O) groups excluding carboxylic acids is 2. The third-order valence-corrected chi connectivity index (χ3v) is 5.16. The van der Waals surface area contributed by atoms with Crippen molar-refractivity contribution >= 4 is 25.2 Å². The molecule has 2 atom stereocenters. The first kappa shape index (κ1) is 22.7. The van der Waals surface area contributed by atoms with Gasteiger partial charge in [0.05, 0.1) is 19.4 Å². The molecule has 0 spiro atoms. The number of benzene rings is 1. The Hall–Kier alpha value is -2.63. The van der Waals surface area contributed by atoms with Crippen molar-refractivity contribution in [1.82, 2.24) is 9.88 Å². The second kappa shape index (κ2) is 10.2. The number of methoxy groups -OCH3 is 1. The largest absolute Gasteiger partial charge is 0.469 e. The highest BCUT2D eigenvalue weighted by atomic mass is 16.5. The summed E-state index contributed by atoms with van der Waals surface area (Å²) in [6, 6.07) is 11.8. The molecule has 5 nitrogen and oxygen atoms in total. The summed E-state index contributed by atoms with van der Waals surface area (Å²) < 4.78 is 4.97. The number of hydrogen-bond acceptors (Lipinski definition) is 4. The Morgan fingerprint density at radius 2 is 1.72 bits per heavy atom. The number of rotatable bonds is 8. The van der Waals surface area contributed by atoms with E-state index in [4.69, 9.17) is 4.74 Å². The predicted molar refractivity (Wildman–Crippen MR) is 118 cm³/mol. The monoisotopic (exact) mass is 394 g/mol. The Labute approximate surface area is 174 Å². The minimum Gasteiger partial charge on any atom is -0.469 e. The van der Waals surface area contributed by atoms with E-state index in [1.165, 1.54) is 7.11 Å². The second-order valence-electron chi connectivity index (χ2n) is 8.00. The molecular weight excluding hydrogens is 363 g/mol. The van der Waals surface area contributed by atoms with Crippen molar-refractivity contribution in [2.75, 3.05) is 7.11 Å². The molecule has 0 bridgehead atoms. The first-order valence-corrected chi connectivity index (χ1v) is 10.1. The Morgan fingerprint density at radius 1 is 1.07 bits per heavy atom. The highest BCUT2D eigenvalue weighted by Gasteiger charge is 2.37. The highest BCUT2D eigenvalue weighted by Crippen LogP contribution is 2.38. The number of esters is 1. The summed E-state index contributed by atoms with van der Waals surface area (Å²) in [6.07, 6.45) is 3.53. The Morgan fingerprint density at radius 3 is 2.24 bits per heavy atom. The maximum atomic E-state index is 13.8. The molecule has 0 saturated carbocycles. The molecule has 2 rings (SSSR count). The molecule has 1 aromatic heterocycles. The third kappa shape index (κ3) is 5.69. The first-order valence-electron chi connectivity index (χ1n) is 10.1. The molecule has 154 valence electrons. The number of hydrogen-bond donors (Lipinski definition) is 0. The standard InChI is InChI=1S/C23H31BN2O3/c1-15(2)26(16(3)4)23(28)22(18-9-7-11-25-14-18)20(13-21(27)29-5)17-8-6-10-19(24)12-17/h6-12,14-16,20,22H,13,24H2,1-5H3. The van der Waals surface area contributed by atoms with Gasteiger partial charge >= 0.3 is 5.97 Å². The zero-order valence-electron chi connectivity index (χ0n) is 18.3. The molecule has 2 unspecified atom stereocenters. The van der Waals surface area contributed by atoms with E-state index in [-0.39, 0.29) is 36.3 Å². The van der Waals surface area contributed by atoms with Gasteiger partial charge < -0.3 is 9.64 Å². The quantitative estimate of drug-likeness (QED) is 0.510. The molecule has 6 heteroatoms. The molecule has 0 radical (unpaired) electrons. The normalized spacial score (nSPS) is 13.2. The predicted octanol–water partition coefficient (Wildman–Crippen LogP) is 2.42. The molecule has 29 heavy (non-hydrogen) atoms. The summed E-state index contributed by atoms with van der Waals surface area (Å²) in [6.45, 7) is 8.06. The van der Waals surface area contributed by atoms with Gasteiger partial charge in [0.15, 0.2) is 0 Å². The molecule has 0 aliphatic heterocycles. The number of pyridine rings is 1. The van der Waals surface area contributed by atoms with Crippen LogP contribution in [0.15, 0.2) is 48.8 Å². The van der Waals surface area contributed by atoms with E-state index in [1.54, 1.807) is 12.4 Å². The van der Waals surface area contributed by atoms with Gasteiger partial charge in [0.2, 0.25) is 5.91 Å². The van der Waals surface area contributed by atoms with E-state index in [0.29, 0.717) is 0 Å². The maximum absolute atomic E-state index is 13.8. The number of amides is 1. The molecule has 0 aliphatic carbocycles. The van der Waals surface area contributed by atoms with E-state index in [1.807, 2.05) is 76.8 Å². The van der Waals surface area contributed by atoms with Crippen LogP contribution in [0.3, 0.4) is 0 Å². The van der Waals surface area contributed by atoms with Gasteiger partial charge in [-0.25, -0.2) is 0 Å². The number of aromatic nitrogens is 1. The van der Waals surface area contributed by atoms with E-state index in [9.17, 15) is 9.59 Å². The molecular formula is C23H31BN2O3. The van der Waals surface area contributed by atoms with E-state index < -0.39 is 5.92 Å². The van der Waals surface area contributed by atoms with Crippen LogP contribution < -0.4 is 5.46 Å². The molecule has 0 fully saturated rings. The van der Waals surface area contributed by atoms with E-state index in [2.05, 4.69) is 4.98 Å². The Balaban J connectivity index is 2.63. The van der Waals surface area contributed by atoms with Gasteiger partial charge in [-0.1, -0.05) is 35.8 Å². The molecule has 0 saturated heterocycles. The average Bonchev–Trinajstić information content (AvgIpc) is 2.67. The van der Waals surface area contributed by atoms with Crippen molar-refractivity contribution in [3.63, 3.8) is 0 Å². The summed E-state index contributed by atoms with van der Waals surface area (Å²) in [5, 5.41) is 0. The van der Waals surface area contributed by atoms with Crippen LogP contribution in [-0.4, -0.2) is 48.8 Å². The van der Waals surface area contributed by atoms with Crippen molar-refractivity contribution in [3.05, 3.63) is 59.9 Å². The molecule has 2 aromatic rings.